The minimum Gasteiger partial charge on any atom is -0.481 e. The lowest BCUT2D eigenvalue weighted by molar-refractivity contribution is -0.138. The van der Waals surface area contributed by atoms with E-state index in [2.05, 4.69) is 0 Å². The zero-order chi connectivity index (χ0) is 14.7. The van der Waals surface area contributed by atoms with Gasteiger partial charge in [0.05, 0.1) is 5.92 Å². The van der Waals surface area contributed by atoms with E-state index in [0.29, 0.717) is 5.92 Å². The van der Waals surface area contributed by atoms with E-state index in [1.165, 1.54) is 5.56 Å². The highest BCUT2D eigenvalue weighted by molar-refractivity contribution is 5.75. The molecule has 0 aliphatic carbocycles. The molecule has 1 aromatic rings. The van der Waals surface area contributed by atoms with E-state index in [1.807, 2.05) is 29.2 Å². The van der Waals surface area contributed by atoms with E-state index in [0.717, 1.165) is 31.5 Å². The summed E-state index contributed by atoms with van der Waals surface area (Å²) < 4.78 is 0. The van der Waals surface area contributed by atoms with Crippen LogP contribution in [0.1, 0.15) is 49.7 Å². The van der Waals surface area contributed by atoms with Crippen molar-refractivity contribution in [2.75, 3.05) is 13.1 Å². The molecule has 108 valence electrons. The molecule has 4 nitrogen and oxygen atoms in total. The maximum absolute atomic E-state index is 11.3. The molecule has 1 amide bonds. The molecule has 1 aliphatic rings. The Kier molecular flexibility index (Phi) is 4.42. The number of likely N-dealkylation sites (tertiary alicyclic amines) is 1. The molecule has 0 bridgehead atoms. The Labute approximate surface area is 119 Å². The van der Waals surface area contributed by atoms with Crippen LogP contribution in [0, 0.1) is 0 Å². The van der Waals surface area contributed by atoms with Gasteiger partial charge < -0.3 is 10.0 Å². The quantitative estimate of drug-likeness (QED) is 0.922. The van der Waals surface area contributed by atoms with Crippen LogP contribution < -0.4 is 0 Å². The molecule has 1 fully saturated rings. The normalized spacial score (nSPS) is 17.8. The van der Waals surface area contributed by atoms with Gasteiger partial charge in [-0.3, -0.25) is 9.59 Å². The summed E-state index contributed by atoms with van der Waals surface area (Å²) in [5.41, 5.74) is 2.08. The highest BCUT2D eigenvalue weighted by atomic mass is 16.4. The number of carboxylic acid groups (broad SMARTS) is 1. The SMILES string of the molecule is CC(=O)N1CCC(c2ccc(C(C)C(=O)O)cc2)CC1. The number of carbonyl (C=O) groups excluding carboxylic acids is 1. The van der Waals surface area contributed by atoms with E-state index < -0.39 is 11.9 Å². The second kappa shape index (κ2) is 6.07. The molecule has 1 saturated heterocycles. The minimum atomic E-state index is -0.799. The van der Waals surface area contributed by atoms with Crippen molar-refractivity contribution in [3.05, 3.63) is 35.4 Å². The van der Waals surface area contributed by atoms with Crippen LogP contribution in [0.3, 0.4) is 0 Å². The van der Waals surface area contributed by atoms with Gasteiger partial charge in [-0.15, -0.1) is 0 Å². The van der Waals surface area contributed by atoms with Crippen LogP contribution in [0.2, 0.25) is 0 Å². The van der Waals surface area contributed by atoms with Gasteiger partial charge in [0.2, 0.25) is 5.91 Å². The van der Waals surface area contributed by atoms with Crippen LogP contribution in [0.25, 0.3) is 0 Å². The Bertz CT molecular complexity index is 487. The molecule has 1 heterocycles. The number of aliphatic carboxylic acids is 1. The zero-order valence-corrected chi connectivity index (χ0v) is 12.0. The smallest absolute Gasteiger partial charge is 0.310 e. The van der Waals surface area contributed by atoms with Gasteiger partial charge in [-0.05, 0) is 36.8 Å². The average molecular weight is 275 g/mol. The molecule has 1 aliphatic heterocycles. The number of piperidine rings is 1. The predicted octanol–water partition coefficient (Wildman–Crippen LogP) is 2.60. The summed E-state index contributed by atoms with van der Waals surface area (Å²) in [5.74, 6) is -0.648. The number of hydrogen-bond acceptors (Lipinski definition) is 2. The molecule has 1 aromatic carbocycles. The monoisotopic (exact) mass is 275 g/mol. The van der Waals surface area contributed by atoms with Crippen molar-refractivity contribution in [1.82, 2.24) is 4.90 Å². The van der Waals surface area contributed by atoms with Crippen LogP contribution in [0.5, 0.6) is 0 Å². The lowest BCUT2D eigenvalue weighted by atomic mass is 9.88. The molecule has 20 heavy (non-hydrogen) atoms. The van der Waals surface area contributed by atoms with E-state index >= 15 is 0 Å². The summed E-state index contributed by atoms with van der Waals surface area (Å²) in [6.45, 7) is 4.94. The predicted molar refractivity (Wildman–Crippen MR) is 76.7 cm³/mol. The Morgan fingerprint density at radius 1 is 1.20 bits per heavy atom. The van der Waals surface area contributed by atoms with Gasteiger partial charge in [0, 0.05) is 20.0 Å². The number of rotatable bonds is 3. The van der Waals surface area contributed by atoms with Crippen LogP contribution in [0.15, 0.2) is 24.3 Å². The highest BCUT2D eigenvalue weighted by Gasteiger charge is 2.22. The third-order valence-electron chi connectivity index (χ3n) is 4.22. The Morgan fingerprint density at radius 3 is 2.20 bits per heavy atom. The number of nitrogens with zero attached hydrogens (tertiary/aromatic N) is 1. The zero-order valence-electron chi connectivity index (χ0n) is 12.0. The summed E-state index contributed by atoms with van der Waals surface area (Å²) >= 11 is 0. The van der Waals surface area contributed by atoms with Crippen LogP contribution in [-0.2, 0) is 9.59 Å². The first kappa shape index (κ1) is 14.6. The number of hydrogen-bond donors (Lipinski definition) is 1. The van der Waals surface area contributed by atoms with Gasteiger partial charge in [-0.1, -0.05) is 24.3 Å². The molecule has 0 saturated carbocycles. The Hall–Kier alpha value is -1.84. The first-order valence-corrected chi connectivity index (χ1v) is 7.07. The van der Waals surface area contributed by atoms with Gasteiger partial charge in [0.25, 0.3) is 0 Å². The van der Waals surface area contributed by atoms with E-state index in [-0.39, 0.29) is 5.91 Å². The van der Waals surface area contributed by atoms with Crippen LogP contribution in [0.4, 0.5) is 0 Å². The summed E-state index contributed by atoms with van der Waals surface area (Å²) in [4.78, 5) is 24.1. The van der Waals surface area contributed by atoms with Crippen molar-refractivity contribution >= 4 is 11.9 Å². The van der Waals surface area contributed by atoms with Gasteiger partial charge in [0.1, 0.15) is 0 Å². The maximum atomic E-state index is 11.3. The topological polar surface area (TPSA) is 57.6 Å². The molecular formula is C16H21NO3. The number of amides is 1. The molecule has 0 spiro atoms. The van der Waals surface area contributed by atoms with E-state index in [4.69, 9.17) is 5.11 Å². The van der Waals surface area contributed by atoms with Crippen molar-refractivity contribution < 1.29 is 14.7 Å². The third kappa shape index (κ3) is 3.18. The van der Waals surface area contributed by atoms with Crippen molar-refractivity contribution in [3.63, 3.8) is 0 Å². The molecular weight excluding hydrogens is 254 g/mol. The molecule has 0 aromatic heterocycles. The van der Waals surface area contributed by atoms with Crippen molar-refractivity contribution in [2.24, 2.45) is 0 Å². The Balaban J connectivity index is 2.01. The van der Waals surface area contributed by atoms with Gasteiger partial charge in [-0.2, -0.15) is 0 Å². The van der Waals surface area contributed by atoms with Crippen molar-refractivity contribution in [3.8, 4) is 0 Å². The fraction of sp³-hybridized carbons (Fsp3) is 0.500. The maximum Gasteiger partial charge on any atom is 0.310 e. The molecule has 1 atom stereocenters. The van der Waals surface area contributed by atoms with Crippen LogP contribution >= 0.6 is 0 Å². The first-order chi connectivity index (χ1) is 9.49. The first-order valence-electron chi connectivity index (χ1n) is 7.07. The standard InChI is InChI=1S/C16H21NO3/c1-11(16(19)20)13-3-5-14(6-4-13)15-7-9-17(10-8-15)12(2)18/h3-6,11,15H,7-10H2,1-2H3,(H,19,20). The summed E-state index contributed by atoms with van der Waals surface area (Å²) in [6, 6.07) is 7.88. The second-order valence-electron chi connectivity index (χ2n) is 5.51. The van der Waals surface area contributed by atoms with Gasteiger partial charge in [0.15, 0.2) is 0 Å². The Morgan fingerprint density at radius 2 is 1.75 bits per heavy atom. The lowest BCUT2D eigenvalue weighted by Gasteiger charge is -2.31. The second-order valence-corrected chi connectivity index (χ2v) is 5.51. The molecule has 1 N–H and O–H groups in total. The number of benzene rings is 1. The molecule has 0 radical (unpaired) electrons. The van der Waals surface area contributed by atoms with Crippen molar-refractivity contribution in [1.29, 1.82) is 0 Å². The summed E-state index contributed by atoms with van der Waals surface area (Å²) in [5, 5.41) is 9.00. The summed E-state index contributed by atoms with van der Waals surface area (Å²) in [6.07, 6.45) is 1.96. The fourth-order valence-electron chi connectivity index (χ4n) is 2.73. The number of carboxylic acids is 1. The number of carbonyl (C=O) groups is 2. The fourth-order valence-corrected chi connectivity index (χ4v) is 2.73. The molecule has 4 heteroatoms. The molecule has 2 rings (SSSR count). The van der Waals surface area contributed by atoms with Crippen molar-refractivity contribution in [2.45, 2.75) is 38.5 Å². The van der Waals surface area contributed by atoms with Gasteiger partial charge in [-0.25, -0.2) is 0 Å². The third-order valence-corrected chi connectivity index (χ3v) is 4.22. The minimum absolute atomic E-state index is 0.147. The largest absolute Gasteiger partial charge is 0.481 e. The van der Waals surface area contributed by atoms with Crippen LogP contribution in [-0.4, -0.2) is 35.0 Å². The van der Waals surface area contributed by atoms with Gasteiger partial charge >= 0.3 is 5.97 Å². The summed E-state index contributed by atoms with van der Waals surface area (Å²) in [7, 11) is 0. The highest BCUT2D eigenvalue weighted by Crippen LogP contribution is 2.29. The van der Waals surface area contributed by atoms with E-state index in [1.54, 1.807) is 13.8 Å². The average Bonchev–Trinajstić information content (AvgIpc) is 2.46. The molecule has 1 unspecified atom stereocenters. The van der Waals surface area contributed by atoms with E-state index in [9.17, 15) is 9.59 Å². The lowest BCUT2D eigenvalue weighted by Crippen LogP contribution is -2.36.